The number of carbonyl (C=O) groups excluding carboxylic acids is 1. The van der Waals surface area contributed by atoms with Crippen LogP contribution in [0, 0.1) is 6.92 Å². The Kier molecular flexibility index (Phi) is 3.93. The van der Waals surface area contributed by atoms with Crippen molar-refractivity contribution in [3.05, 3.63) is 44.9 Å². The van der Waals surface area contributed by atoms with Gasteiger partial charge in [0.15, 0.2) is 0 Å². The van der Waals surface area contributed by atoms with Gasteiger partial charge in [0.2, 0.25) is 5.91 Å². The first kappa shape index (κ1) is 13.0. The van der Waals surface area contributed by atoms with E-state index in [1.807, 2.05) is 25.1 Å². The smallest absolute Gasteiger partial charge is 0.217 e. The van der Waals surface area contributed by atoms with Crippen LogP contribution in [-0.4, -0.2) is 16.1 Å². The maximum absolute atomic E-state index is 11.3. The Morgan fingerprint density at radius 1 is 1.44 bits per heavy atom. The molecule has 0 fully saturated rings. The van der Waals surface area contributed by atoms with Crippen molar-refractivity contribution in [2.24, 2.45) is 0 Å². The fourth-order valence-corrected chi connectivity index (χ4v) is 2.58. The van der Waals surface area contributed by atoms with E-state index in [9.17, 15) is 4.79 Å². The molecule has 18 heavy (non-hydrogen) atoms. The van der Waals surface area contributed by atoms with E-state index in [4.69, 9.17) is 11.6 Å². The minimum atomic E-state index is -0.299. The summed E-state index contributed by atoms with van der Waals surface area (Å²) in [4.78, 5) is 11.3. The molecule has 1 aromatic heterocycles. The molecule has 0 aliphatic rings. The van der Waals surface area contributed by atoms with Crippen molar-refractivity contribution in [3.63, 3.8) is 0 Å². The van der Waals surface area contributed by atoms with Gasteiger partial charge in [0.05, 0.1) is 0 Å². The first-order valence-corrected chi connectivity index (χ1v) is 6.58. The van der Waals surface area contributed by atoms with Crippen molar-refractivity contribution < 1.29 is 4.79 Å². The van der Waals surface area contributed by atoms with Crippen molar-refractivity contribution in [1.29, 1.82) is 0 Å². The minimum Gasteiger partial charge on any atom is -0.343 e. The lowest BCUT2D eigenvalue weighted by Crippen LogP contribution is -2.26. The van der Waals surface area contributed by atoms with Crippen LogP contribution in [0.4, 0.5) is 0 Å². The molecular weight excluding hydrogens is 270 g/mol. The van der Waals surface area contributed by atoms with E-state index in [1.54, 1.807) is 6.07 Å². The number of halogens is 1. The zero-order valence-corrected chi connectivity index (χ0v) is 11.5. The normalized spacial score (nSPS) is 12.2. The van der Waals surface area contributed by atoms with Gasteiger partial charge in [-0.1, -0.05) is 35.1 Å². The van der Waals surface area contributed by atoms with E-state index < -0.39 is 0 Å². The highest BCUT2D eigenvalue weighted by atomic mass is 35.5. The molecule has 4 nitrogen and oxygen atoms in total. The number of hydrogen-bond donors (Lipinski definition) is 1. The first-order valence-electron chi connectivity index (χ1n) is 5.39. The molecule has 0 spiro atoms. The van der Waals surface area contributed by atoms with Gasteiger partial charge in [0.1, 0.15) is 16.1 Å². The van der Waals surface area contributed by atoms with Crippen LogP contribution in [0.3, 0.4) is 0 Å². The average molecular weight is 282 g/mol. The highest BCUT2D eigenvalue weighted by Gasteiger charge is 2.19. The molecule has 0 aliphatic heterocycles. The Labute approximate surface area is 114 Å². The molecule has 1 unspecified atom stereocenters. The van der Waals surface area contributed by atoms with E-state index in [0.717, 1.165) is 15.6 Å². The summed E-state index contributed by atoms with van der Waals surface area (Å²) < 4.78 is 0. The monoisotopic (exact) mass is 281 g/mol. The lowest BCUT2D eigenvalue weighted by Gasteiger charge is -2.15. The van der Waals surface area contributed by atoms with Crippen LogP contribution in [0.15, 0.2) is 24.3 Å². The van der Waals surface area contributed by atoms with Crippen LogP contribution in [0.1, 0.15) is 28.5 Å². The third-order valence-corrected chi connectivity index (χ3v) is 3.46. The Bertz CT molecular complexity index is 570. The van der Waals surface area contributed by atoms with E-state index in [0.29, 0.717) is 5.02 Å². The van der Waals surface area contributed by atoms with Crippen LogP contribution in [0.25, 0.3) is 0 Å². The molecule has 0 bridgehead atoms. The van der Waals surface area contributed by atoms with Crippen LogP contribution in [0.5, 0.6) is 0 Å². The SMILES string of the molecule is CC(=O)NC(c1cccc(Cl)c1)c1nnc(C)s1. The summed E-state index contributed by atoms with van der Waals surface area (Å²) in [5, 5.41) is 13.2. The van der Waals surface area contributed by atoms with Crippen molar-refractivity contribution in [2.75, 3.05) is 0 Å². The van der Waals surface area contributed by atoms with Gasteiger partial charge in [0, 0.05) is 11.9 Å². The summed E-state index contributed by atoms with van der Waals surface area (Å²) >= 11 is 7.43. The average Bonchev–Trinajstić information content (AvgIpc) is 2.72. The quantitative estimate of drug-likeness (QED) is 0.941. The first-order chi connectivity index (χ1) is 8.56. The number of benzene rings is 1. The van der Waals surface area contributed by atoms with Crippen molar-refractivity contribution in [1.82, 2.24) is 15.5 Å². The molecule has 2 rings (SSSR count). The largest absolute Gasteiger partial charge is 0.343 e. The Hall–Kier alpha value is -1.46. The Morgan fingerprint density at radius 2 is 2.22 bits per heavy atom. The fourth-order valence-electron chi connectivity index (χ4n) is 1.61. The maximum atomic E-state index is 11.3. The molecule has 0 radical (unpaired) electrons. The van der Waals surface area contributed by atoms with Gasteiger partial charge in [-0.05, 0) is 24.6 Å². The van der Waals surface area contributed by atoms with Gasteiger partial charge in [-0.15, -0.1) is 10.2 Å². The molecule has 1 amide bonds. The molecule has 1 aromatic carbocycles. The maximum Gasteiger partial charge on any atom is 0.217 e. The Morgan fingerprint density at radius 3 is 2.78 bits per heavy atom. The topological polar surface area (TPSA) is 54.9 Å². The van der Waals surface area contributed by atoms with E-state index in [-0.39, 0.29) is 11.9 Å². The summed E-state index contributed by atoms with van der Waals surface area (Å²) in [6.45, 7) is 3.36. The van der Waals surface area contributed by atoms with Crippen molar-refractivity contribution >= 4 is 28.8 Å². The second kappa shape index (κ2) is 5.46. The number of carbonyl (C=O) groups is 1. The molecule has 1 atom stereocenters. The highest BCUT2D eigenvalue weighted by Crippen LogP contribution is 2.26. The molecule has 1 N–H and O–H groups in total. The number of nitrogens with one attached hydrogen (secondary N) is 1. The van der Waals surface area contributed by atoms with Gasteiger partial charge in [0.25, 0.3) is 0 Å². The van der Waals surface area contributed by atoms with Crippen LogP contribution in [-0.2, 0) is 4.79 Å². The lowest BCUT2D eigenvalue weighted by molar-refractivity contribution is -0.119. The third-order valence-electron chi connectivity index (χ3n) is 2.32. The van der Waals surface area contributed by atoms with E-state index >= 15 is 0 Å². The second-order valence-electron chi connectivity index (χ2n) is 3.85. The summed E-state index contributed by atoms with van der Waals surface area (Å²) in [5.74, 6) is -0.118. The number of rotatable bonds is 3. The van der Waals surface area contributed by atoms with Crippen molar-refractivity contribution in [3.8, 4) is 0 Å². The standard InChI is InChI=1S/C12H12ClN3OS/c1-7(17)14-11(12-16-15-8(2)18-12)9-4-3-5-10(13)6-9/h3-6,11H,1-2H3,(H,14,17). The predicted octanol–water partition coefficient (Wildman–Crippen LogP) is 2.73. The third kappa shape index (κ3) is 3.05. The molecular formula is C12H12ClN3OS. The molecule has 1 heterocycles. The number of nitrogens with zero attached hydrogens (tertiary/aromatic N) is 2. The fraction of sp³-hybridized carbons (Fsp3) is 0.250. The van der Waals surface area contributed by atoms with Gasteiger partial charge in [-0.3, -0.25) is 4.79 Å². The molecule has 2 aromatic rings. The molecule has 0 saturated heterocycles. The minimum absolute atomic E-state index is 0.118. The molecule has 0 aliphatic carbocycles. The summed E-state index contributed by atoms with van der Waals surface area (Å²) in [5.41, 5.74) is 0.897. The number of aryl methyl sites for hydroxylation is 1. The summed E-state index contributed by atoms with van der Waals surface area (Å²) in [6, 6.07) is 7.07. The van der Waals surface area contributed by atoms with Gasteiger partial charge < -0.3 is 5.32 Å². The zero-order chi connectivity index (χ0) is 13.1. The van der Waals surface area contributed by atoms with Gasteiger partial charge >= 0.3 is 0 Å². The second-order valence-corrected chi connectivity index (χ2v) is 5.50. The van der Waals surface area contributed by atoms with Crippen LogP contribution in [0.2, 0.25) is 5.02 Å². The van der Waals surface area contributed by atoms with Crippen molar-refractivity contribution in [2.45, 2.75) is 19.9 Å². The number of amides is 1. The summed E-state index contributed by atoms with van der Waals surface area (Å²) in [6.07, 6.45) is 0. The summed E-state index contributed by atoms with van der Waals surface area (Å²) in [7, 11) is 0. The van der Waals surface area contributed by atoms with Crippen LogP contribution < -0.4 is 5.32 Å². The number of aromatic nitrogens is 2. The lowest BCUT2D eigenvalue weighted by atomic mass is 10.1. The van der Waals surface area contributed by atoms with Gasteiger partial charge in [-0.25, -0.2) is 0 Å². The Balaban J connectivity index is 2.39. The molecule has 94 valence electrons. The van der Waals surface area contributed by atoms with E-state index in [1.165, 1.54) is 18.3 Å². The number of hydrogen-bond acceptors (Lipinski definition) is 4. The van der Waals surface area contributed by atoms with E-state index in [2.05, 4.69) is 15.5 Å². The zero-order valence-electron chi connectivity index (χ0n) is 9.98. The highest BCUT2D eigenvalue weighted by molar-refractivity contribution is 7.11. The van der Waals surface area contributed by atoms with Crippen LogP contribution >= 0.6 is 22.9 Å². The molecule has 0 saturated carbocycles. The predicted molar refractivity (Wildman–Crippen MR) is 71.8 cm³/mol. The molecule has 6 heteroatoms. The van der Waals surface area contributed by atoms with Gasteiger partial charge in [-0.2, -0.15) is 0 Å².